The number of nitriles is 1. The van der Waals surface area contributed by atoms with Crippen LogP contribution in [0.2, 0.25) is 0 Å². The van der Waals surface area contributed by atoms with Crippen LogP contribution in [-0.4, -0.2) is 61.2 Å². The number of nitrogens with zero attached hydrogens (tertiary/aromatic N) is 1. The predicted molar refractivity (Wildman–Crippen MR) is 90.0 cm³/mol. The van der Waals surface area contributed by atoms with Crippen LogP contribution >= 0.6 is 29.4 Å². The fourth-order valence-corrected chi connectivity index (χ4v) is 3.44. The lowest BCUT2D eigenvalue weighted by molar-refractivity contribution is -0.156. The van der Waals surface area contributed by atoms with E-state index >= 15 is 0 Å². The van der Waals surface area contributed by atoms with Crippen LogP contribution in [-0.2, 0) is 27.9 Å². The first kappa shape index (κ1) is 23.7. The maximum Gasteiger partial charge on any atom is 0.471 e. The molecule has 0 aliphatic heterocycles. The highest BCUT2D eigenvalue weighted by Gasteiger charge is 2.43. The number of phosphoric acid groups is 1. The predicted octanol–water partition coefficient (Wildman–Crippen LogP) is 1.56. The number of aliphatic hydroxyl groups excluding tert-OH is 1. The van der Waals surface area contributed by atoms with Crippen LogP contribution in [0.1, 0.15) is 13.3 Å². The van der Waals surface area contributed by atoms with E-state index in [9.17, 15) is 19.5 Å². The summed E-state index contributed by atoms with van der Waals surface area (Å²) in [7, 11) is -0.556. The van der Waals surface area contributed by atoms with Gasteiger partial charge in [0.1, 0.15) is 5.94 Å². The van der Waals surface area contributed by atoms with Crippen LogP contribution in [0.3, 0.4) is 0 Å². The van der Waals surface area contributed by atoms with E-state index in [-0.39, 0.29) is 25.8 Å². The summed E-state index contributed by atoms with van der Waals surface area (Å²) in [4.78, 5) is 21.3. The largest absolute Gasteiger partial charge is 0.471 e. The van der Waals surface area contributed by atoms with Gasteiger partial charge in [0.05, 0.1) is 25.9 Å². The number of hydrogen-bond donors (Lipinski definition) is 2. The van der Waals surface area contributed by atoms with Crippen molar-refractivity contribution in [3.63, 3.8) is 0 Å². The molecule has 0 radical (unpaired) electrons. The van der Waals surface area contributed by atoms with Gasteiger partial charge in [0.25, 0.3) is 0 Å². The molecule has 0 spiro atoms. The molecule has 0 heterocycles. The van der Waals surface area contributed by atoms with Crippen LogP contribution in [0.5, 0.6) is 0 Å². The first-order chi connectivity index (χ1) is 11.4. The molecule has 140 valence electrons. The van der Waals surface area contributed by atoms with Gasteiger partial charge in [-0.3, -0.25) is 13.8 Å². The standard InChI is InChI=1S/C12H22NO8PS2/c1-3-20-11(15)12(7-13,9-21-22(16,17)18-2)8-19-10-24-23-6-4-5-14/h14H,3-6,8-10H2,1-2H3,(H,16,17). The highest BCUT2D eigenvalue weighted by molar-refractivity contribution is 8.76. The minimum atomic E-state index is -4.35. The maximum absolute atomic E-state index is 12.0. The molecule has 9 nitrogen and oxygen atoms in total. The number of hydrogen-bond acceptors (Lipinski definition) is 10. The Kier molecular flexibility index (Phi) is 12.8. The number of phosphoric ester groups is 1. The van der Waals surface area contributed by atoms with E-state index in [1.165, 1.54) is 21.6 Å². The summed E-state index contributed by atoms with van der Waals surface area (Å²) in [5, 5.41) is 18.0. The Balaban J connectivity index is 4.65. The van der Waals surface area contributed by atoms with E-state index in [1.54, 1.807) is 13.0 Å². The highest BCUT2D eigenvalue weighted by Crippen LogP contribution is 2.43. The topological polar surface area (TPSA) is 135 Å². The van der Waals surface area contributed by atoms with Gasteiger partial charge in [0.2, 0.25) is 5.41 Å². The Morgan fingerprint density at radius 3 is 2.62 bits per heavy atom. The van der Waals surface area contributed by atoms with Crippen molar-refractivity contribution < 1.29 is 37.9 Å². The van der Waals surface area contributed by atoms with Crippen LogP contribution < -0.4 is 0 Å². The second kappa shape index (κ2) is 13.0. The molecule has 2 atom stereocenters. The van der Waals surface area contributed by atoms with Crippen molar-refractivity contribution in [2.45, 2.75) is 13.3 Å². The third kappa shape index (κ3) is 9.25. The summed E-state index contributed by atoms with van der Waals surface area (Å²) in [6.45, 7) is 0.648. The average molecular weight is 403 g/mol. The van der Waals surface area contributed by atoms with Crippen molar-refractivity contribution in [1.82, 2.24) is 0 Å². The van der Waals surface area contributed by atoms with Crippen molar-refractivity contribution in [2.75, 3.05) is 45.2 Å². The summed E-state index contributed by atoms with van der Waals surface area (Å²) in [5.41, 5.74) is -1.87. The van der Waals surface area contributed by atoms with Gasteiger partial charge in [-0.1, -0.05) is 21.6 Å². The first-order valence-electron chi connectivity index (χ1n) is 6.92. The van der Waals surface area contributed by atoms with Crippen molar-refractivity contribution in [1.29, 1.82) is 5.26 Å². The molecule has 0 saturated carbocycles. The van der Waals surface area contributed by atoms with Gasteiger partial charge in [-0.05, 0) is 13.3 Å². The number of esters is 1. The van der Waals surface area contributed by atoms with Crippen molar-refractivity contribution in [2.24, 2.45) is 5.41 Å². The number of ether oxygens (including phenoxy) is 2. The van der Waals surface area contributed by atoms with Gasteiger partial charge in [-0.2, -0.15) is 5.26 Å². The molecule has 12 heteroatoms. The number of aliphatic hydroxyl groups is 1. The third-order valence-corrected chi connectivity index (χ3v) is 5.62. The molecule has 0 saturated heterocycles. The van der Waals surface area contributed by atoms with E-state index in [0.29, 0.717) is 6.42 Å². The van der Waals surface area contributed by atoms with E-state index < -0.39 is 25.8 Å². The molecule has 0 rings (SSSR count). The zero-order valence-electron chi connectivity index (χ0n) is 13.5. The first-order valence-corrected chi connectivity index (χ1v) is 10.9. The Hall–Kier alpha value is -0.310. The van der Waals surface area contributed by atoms with Gasteiger partial charge < -0.3 is 19.5 Å². The van der Waals surface area contributed by atoms with Crippen molar-refractivity contribution in [3.8, 4) is 6.07 Å². The molecule has 0 aromatic carbocycles. The minimum Gasteiger partial charge on any atom is -0.465 e. The summed E-state index contributed by atoms with van der Waals surface area (Å²) in [6.07, 6.45) is 0.652. The second-order valence-electron chi connectivity index (χ2n) is 4.32. The molecule has 0 amide bonds. The lowest BCUT2D eigenvalue weighted by atomic mass is 9.92. The molecular formula is C12H22NO8PS2. The summed E-state index contributed by atoms with van der Waals surface area (Å²) >= 11 is 0. The van der Waals surface area contributed by atoms with Crippen LogP contribution in [0.4, 0.5) is 0 Å². The summed E-state index contributed by atoms with van der Waals surface area (Å²) < 4.78 is 30.4. The Morgan fingerprint density at radius 2 is 2.08 bits per heavy atom. The SMILES string of the molecule is CCOC(=O)C(C#N)(COCSSCCCO)COP(=O)(O)OC. The molecule has 2 N–H and O–H groups in total. The summed E-state index contributed by atoms with van der Waals surface area (Å²) in [5.74, 6) is 0.0118. The maximum atomic E-state index is 12.0. The fourth-order valence-electron chi connectivity index (χ4n) is 1.25. The van der Waals surface area contributed by atoms with Gasteiger partial charge in [0.15, 0.2) is 0 Å². The zero-order chi connectivity index (χ0) is 18.5. The van der Waals surface area contributed by atoms with Crippen LogP contribution in [0, 0.1) is 16.7 Å². The van der Waals surface area contributed by atoms with Gasteiger partial charge in [0, 0.05) is 19.5 Å². The van der Waals surface area contributed by atoms with E-state index in [2.05, 4.69) is 9.05 Å². The molecule has 0 aromatic heterocycles. The van der Waals surface area contributed by atoms with E-state index in [1.807, 2.05) is 0 Å². The van der Waals surface area contributed by atoms with Crippen molar-refractivity contribution >= 4 is 35.4 Å². The highest BCUT2D eigenvalue weighted by atomic mass is 33.1. The van der Waals surface area contributed by atoms with Crippen LogP contribution in [0.25, 0.3) is 0 Å². The van der Waals surface area contributed by atoms with Gasteiger partial charge in [-0.15, -0.1) is 0 Å². The Labute approximate surface area is 149 Å². The lowest BCUT2D eigenvalue weighted by Gasteiger charge is -2.24. The van der Waals surface area contributed by atoms with Crippen LogP contribution in [0.15, 0.2) is 0 Å². The van der Waals surface area contributed by atoms with Gasteiger partial charge in [-0.25, -0.2) is 4.57 Å². The number of carbonyl (C=O) groups excluding carboxylic acids is 1. The minimum absolute atomic E-state index is 0.0368. The molecule has 0 aliphatic rings. The fraction of sp³-hybridized carbons (Fsp3) is 0.833. The number of carbonyl (C=O) groups is 1. The smallest absolute Gasteiger partial charge is 0.465 e. The molecule has 0 aliphatic carbocycles. The van der Waals surface area contributed by atoms with E-state index in [4.69, 9.17) is 14.6 Å². The Bertz CT molecular complexity index is 461. The zero-order valence-corrected chi connectivity index (χ0v) is 16.0. The molecule has 2 unspecified atom stereocenters. The monoisotopic (exact) mass is 403 g/mol. The average Bonchev–Trinajstić information content (AvgIpc) is 2.57. The molecule has 24 heavy (non-hydrogen) atoms. The van der Waals surface area contributed by atoms with Crippen molar-refractivity contribution in [3.05, 3.63) is 0 Å². The molecule has 0 bridgehead atoms. The quantitative estimate of drug-likeness (QED) is 0.144. The second-order valence-corrected chi connectivity index (χ2v) is 8.41. The van der Waals surface area contributed by atoms with E-state index in [0.717, 1.165) is 12.9 Å². The summed E-state index contributed by atoms with van der Waals surface area (Å²) in [6, 6.07) is 1.75. The van der Waals surface area contributed by atoms with Gasteiger partial charge >= 0.3 is 13.8 Å². The Morgan fingerprint density at radius 1 is 1.38 bits per heavy atom. The third-order valence-electron chi connectivity index (χ3n) is 2.53. The lowest BCUT2D eigenvalue weighted by Crippen LogP contribution is -2.40. The normalized spacial score (nSPS) is 16.0. The number of rotatable bonds is 14. The molecule has 0 aromatic rings. The molecular weight excluding hydrogens is 381 g/mol. The molecule has 0 fully saturated rings.